The van der Waals surface area contributed by atoms with E-state index in [9.17, 15) is 60.3 Å². The molecule has 2 heterocycles. The lowest BCUT2D eigenvalue weighted by atomic mass is 9.98. The summed E-state index contributed by atoms with van der Waals surface area (Å²) >= 11 is 0. The molecule has 4 aromatic rings. The van der Waals surface area contributed by atoms with E-state index in [4.69, 9.17) is 18.6 Å². The van der Waals surface area contributed by atoms with Crippen molar-refractivity contribution in [3.05, 3.63) is 58.3 Å². The molecule has 0 saturated carbocycles. The van der Waals surface area contributed by atoms with Gasteiger partial charge in [0.15, 0.2) is 46.7 Å². The first-order chi connectivity index (χ1) is 21.7. The number of phenolic OH excluding ortho intramolecular Hbond substituents is 7. The summed E-state index contributed by atoms with van der Waals surface area (Å²) in [5, 5.41) is 90.6. The minimum atomic E-state index is -2.19. The van der Waals surface area contributed by atoms with Gasteiger partial charge in [0, 0.05) is 17.7 Å². The van der Waals surface area contributed by atoms with Gasteiger partial charge < -0.3 is 69.3 Å². The van der Waals surface area contributed by atoms with Crippen LogP contribution in [0.2, 0.25) is 0 Å². The summed E-state index contributed by atoms with van der Waals surface area (Å²) in [4.78, 5) is 39.2. The van der Waals surface area contributed by atoms with Gasteiger partial charge in [-0.25, -0.2) is 9.59 Å². The predicted molar refractivity (Wildman–Crippen MR) is 149 cm³/mol. The van der Waals surface area contributed by atoms with Crippen molar-refractivity contribution in [2.24, 2.45) is 0 Å². The van der Waals surface area contributed by atoms with Crippen molar-refractivity contribution < 1.29 is 78.9 Å². The zero-order valence-electron chi connectivity index (χ0n) is 23.2. The van der Waals surface area contributed by atoms with Crippen LogP contribution in [0.4, 0.5) is 0 Å². The van der Waals surface area contributed by atoms with Crippen molar-refractivity contribution in [3.63, 3.8) is 0 Å². The van der Waals surface area contributed by atoms with Gasteiger partial charge in [0.1, 0.15) is 34.7 Å². The molecule has 1 fully saturated rings. The highest BCUT2D eigenvalue weighted by atomic mass is 16.7. The second-order valence-corrected chi connectivity index (χ2v) is 9.91. The van der Waals surface area contributed by atoms with Gasteiger partial charge in [0.05, 0.1) is 12.7 Å². The summed E-state index contributed by atoms with van der Waals surface area (Å²) in [6.45, 7) is 0. The van der Waals surface area contributed by atoms with E-state index >= 15 is 0 Å². The average molecular weight is 644 g/mol. The fourth-order valence-electron chi connectivity index (χ4n) is 4.63. The number of benzene rings is 3. The zero-order chi connectivity index (χ0) is 33.6. The summed E-state index contributed by atoms with van der Waals surface area (Å²) in [6.07, 6.45) is -10.5. The maximum absolute atomic E-state index is 13.8. The van der Waals surface area contributed by atoms with Gasteiger partial charge >= 0.3 is 11.9 Å². The third-order valence-corrected chi connectivity index (χ3v) is 6.92. The van der Waals surface area contributed by atoms with Gasteiger partial charge in [-0.2, -0.15) is 0 Å². The number of esters is 2. The Labute approximate surface area is 255 Å². The molecule has 3 aromatic carbocycles. The monoisotopic (exact) mass is 644 g/mol. The van der Waals surface area contributed by atoms with E-state index in [1.54, 1.807) is 0 Å². The number of carbonyl (C=O) groups is 2. The Kier molecular flexibility index (Phi) is 8.14. The van der Waals surface area contributed by atoms with Crippen molar-refractivity contribution in [1.29, 1.82) is 0 Å². The summed E-state index contributed by atoms with van der Waals surface area (Å²) in [6, 6.07) is 6.33. The molecule has 0 bridgehead atoms. The molecule has 1 saturated heterocycles. The van der Waals surface area contributed by atoms with Crippen molar-refractivity contribution in [3.8, 4) is 57.3 Å². The number of fused-ring (bicyclic) bond motifs is 1. The molecular formula is C29H24O17. The number of aliphatic hydroxyl groups excluding tert-OH is 2. The molecule has 1 aliphatic heterocycles. The number of phenols is 7. The van der Waals surface area contributed by atoms with Crippen LogP contribution >= 0.6 is 0 Å². The zero-order valence-corrected chi connectivity index (χ0v) is 23.2. The highest BCUT2D eigenvalue weighted by Crippen LogP contribution is 2.40. The number of hydrogen-bond acceptors (Lipinski definition) is 17. The standard InChI is InChI=1S/C29H24O17/c1-42-28(41)25-21(38)22(39)26(44-27(40)10-5-15(34)19(36)16(35)6-10)29(46-25)45-24-20(37)18-14(33)7-11(30)8-17(18)43-23(24)9-2-3-12(31)13(32)4-9/h2-8,21-22,25-26,29-36,38-39H,1H3. The topological polar surface area (TPSA) is 283 Å². The average Bonchev–Trinajstić information content (AvgIpc) is 3.00. The minimum absolute atomic E-state index is 0.128. The molecule has 17 heteroatoms. The molecule has 242 valence electrons. The first kappa shape index (κ1) is 31.5. The molecule has 0 radical (unpaired) electrons. The van der Waals surface area contributed by atoms with Crippen molar-refractivity contribution in [2.45, 2.75) is 30.7 Å². The minimum Gasteiger partial charge on any atom is -0.508 e. The largest absolute Gasteiger partial charge is 0.508 e. The third-order valence-electron chi connectivity index (χ3n) is 6.92. The van der Waals surface area contributed by atoms with Crippen molar-refractivity contribution in [2.75, 3.05) is 7.11 Å². The van der Waals surface area contributed by atoms with E-state index < -0.39 is 111 Å². The lowest BCUT2D eigenvalue weighted by Gasteiger charge is -2.40. The number of hydrogen-bond donors (Lipinski definition) is 9. The second-order valence-electron chi connectivity index (χ2n) is 9.91. The molecule has 46 heavy (non-hydrogen) atoms. The van der Waals surface area contributed by atoms with Crippen molar-refractivity contribution in [1.82, 2.24) is 0 Å². The molecule has 1 aromatic heterocycles. The van der Waals surface area contributed by atoms with Crippen LogP contribution in [0.3, 0.4) is 0 Å². The number of aromatic hydroxyl groups is 7. The second kappa shape index (κ2) is 11.9. The van der Waals surface area contributed by atoms with E-state index in [1.165, 1.54) is 6.07 Å². The van der Waals surface area contributed by atoms with Crippen LogP contribution < -0.4 is 10.2 Å². The van der Waals surface area contributed by atoms with Crippen LogP contribution in [0.1, 0.15) is 10.4 Å². The molecule has 5 atom stereocenters. The maximum atomic E-state index is 13.8. The van der Waals surface area contributed by atoms with Gasteiger partial charge in [0.25, 0.3) is 0 Å². The first-order valence-corrected chi connectivity index (χ1v) is 13.0. The van der Waals surface area contributed by atoms with E-state index in [2.05, 4.69) is 4.74 Å². The van der Waals surface area contributed by atoms with E-state index in [-0.39, 0.29) is 11.1 Å². The van der Waals surface area contributed by atoms with Crippen molar-refractivity contribution >= 4 is 22.9 Å². The maximum Gasteiger partial charge on any atom is 0.339 e. The predicted octanol–water partition coefficient (Wildman–Crippen LogP) is 0.623. The van der Waals surface area contributed by atoms with E-state index in [0.717, 1.165) is 31.4 Å². The Bertz CT molecular complexity index is 1890. The molecule has 5 unspecified atom stereocenters. The molecule has 0 spiro atoms. The lowest BCUT2D eigenvalue weighted by molar-refractivity contribution is -0.271. The summed E-state index contributed by atoms with van der Waals surface area (Å²) in [5.41, 5.74) is -2.21. The summed E-state index contributed by atoms with van der Waals surface area (Å²) < 4.78 is 26.8. The van der Waals surface area contributed by atoms with Crippen LogP contribution in [0.5, 0.6) is 46.0 Å². The van der Waals surface area contributed by atoms with Crippen LogP contribution in [0, 0.1) is 0 Å². The Morgan fingerprint density at radius 2 is 1.48 bits per heavy atom. The number of carbonyl (C=O) groups excluding carboxylic acids is 2. The Morgan fingerprint density at radius 3 is 2.11 bits per heavy atom. The van der Waals surface area contributed by atoms with Gasteiger partial charge in [0.2, 0.25) is 17.5 Å². The summed E-state index contributed by atoms with van der Waals surface area (Å²) in [5.74, 6) is -9.27. The van der Waals surface area contributed by atoms with Crippen LogP contribution in [0.15, 0.2) is 51.7 Å². The molecular weight excluding hydrogens is 620 g/mol. The molecule has 17 nitrogen and oxygen atoms in total. The molecule has 9 N–H and O–H groups in total. The molecule has 1 aliphatic rings. The molecule has 0 aliphatic carbocycles. The summed E-state index contributed by atoms with van der Waals surface area (Å²) in [7, 11) is 0.933. The van der Waals surface area contributed by atoms with Gasteiger partial charge in [-0.05, 0) is 30.3 Å². The first-order valence-electron chi connectivity index (χ1n) is 13.0. The lowest BCUT2D eigenvalue weighted by Crippen LogP contribution is -2.62. The number of methoxy groups -OCH3 is 1. The van der Waals surface area contributed by atoms with Gasteiger partial charge in [-0.3, -0.25) is 4.79 Å². The number of rotatable bonds is 6. The fourth-order valence-corrected chi connectivity index (χ4v) is 4.63. The third kappa shape index (κ3) is 5.56. The molecule has 0 amide bonds. The normalized spacial score (nSPS) is 21.1. The Balaban J connectivity index is 1.66. The fraction of sp³-hybridized carbons (Fsp3) is 0.207. The van der Waals surface area contributed by atoms with E-state index in [1.807, 2.05) is 0 Å². The van der Waals surface area contributed by atoms with Gasteiger partial charge in [-0.15, -0.1) is 0 Å². The number of ether oxygens (including phenoxy) is 4. The van der Waals surface area contributed by atoms with Crippen LogP contribution in [-0.2, 0) is 19.0 Å². The van der Waals surface area contributed by atoms with Crippen LogP contribution in [0.25, 0.3) is 22.3 Å². The number of aliphatic hydroxyl groups is 2. The highest BCUT2D eigenvalue weighted by Gasteiger charge is 2.52. The Hall–Kier alpha value is -5.91. The van der Waals surface area contributed by atoms with E-state index in [0.29, 0.717) is 12.1 Å². The van der Waals surface area contributed by atoms with Gasteiger partial charge in [-0.1, -0.05) is 0 Å². The quantitative estimate of drug-likeness (QED) is 0.103. The highest BCUT2D eigenvalue weighted by molar-refractivity contribution is 5.91. The molecule has 5 rings (SSSR count). The van der Waals surface area contributed by atoms with Crippen LogP contribution in [-0.4, -0.2) is 95.7 Å². The SMILES string of the molecule is COC(=O)C1OC(Oc2c(-c3ccc(O)c(O)c3)oc3cc(O)cc(O)c3c2=O)C(OC(=O)c2cc(O)c(O)c(O)c2)C(O)C1O. The Morgan fingerprint density at radius 1 is 0.804 bits per heavy atom. The smallest absolute Gasteiger partial charge is 0.339 e.